The normalized spacial score (nSPS) is 16.0. The largest absolute Gasteiger partial charge is 0.396 e. The highest BCUT2D eigenvalue weighted by atomic mass is 16.5. The van der Waals surface area contributed by atoms with Crippen LogP contribution in [0.2, 0.25) is 0 Å². The van der Waals surface area contributed by atoms with Crippen LogP contribution in [0.5, 0.6) is 0 Å². The second kappa shape index (κ2) is 10.4. The lowest BCUT2D eigenvalue weighted by Gasteiger charge is -2.24. The molecule has 3 aromatic heterocycles. The van der Waals surface area contributed by atoms with E-state index in [4.69, 9.17) is 9.84 Å². The molecule has 0 aromatic carbocycles. The number of aliphatic hydroxyl groups excluding tert-OH is 1. The molecule has 1 atom stereocenters. The fraction of sp³-hybridized carbons (Fsp3) is 0.600. The molecule has 1 aliphatic rings. The number of H-pyrrole nitrogens is 1. The van der Waals surface area contributed by atoms with Crippen molar-refractivity contribution >= 4 is 22.1 Å². The summed E-state index contributed by atoms with van der Waals surface area (Å²) < 4.78 is 7.17. The third kappa shape index (κ3) is 5.06. The molecule has 150 valence electrons. The van der Waals surface area contributed by atoms with Gasteiger partial charge in [0, 0.05) is 37.9 Å². The van der Waals surface area contributed by atoms with Crippen molar-refractivity contribution in [2.45, 2.75) is 39.7 Å². The summed E-state index contributed by atoms with van der Waals surface area (Å²) in [5.41, 5.74) is 3.15. The number of fused-ring (bicyclic) bond motifs is 3. The van der Waals surface area contributed by atoms with E-state index in [1.165, 1.54) is 23.7 Å². The van der Waals surface area contributed by atoms with Gasteiger partial charge in [-0.3, -0.25) is 0 Å². The minimum Gasteiger partial charge on any atom is -0.396 e. The van der Waals surface area contributed by atoms with Crippen LogP contribution < -0.4 is 5.32 Å². The third-order valence-corrected chi connectivity index (χ3v) is 4.89. The van der Waals surface area contributed by atoms with Crippen molar-refractivity contribution in [3.8, 4) is 0 Å². The number of hydrogen-bond donors (Lipinski definition) is 3. The van der Waals surface area contributed by atoms with Crippen LogP contribution in [-0.4, -0.2) is 58.0 Å². The van der Waals surface area contributed by atoms with Gasteiger partial charge in [0.05, 0.1) is 18.0 Å². The van der Waals surface area contributed by atoms with E-state index in [1.54, 1.807) is 7.11 Å². The van der Waals surface area contributed by atoms with E-state index < -0.39 is 0 Å². The summed E-state index contributed by atoms with van der Waals surface area (Å²) >= 11 is 0. The highest BCUT2D eigenvalue weighted by Crippen LogP contribution is 2.28. The van der Waals surface area contributed by atoms with Crippen molar-refractivity contribution in [1.82, 2.24) is 24.8 Å². The molecule has 0 aliphatic carbocycles. The Morgan fingerprint density at radius 2 is 2.11 bits per heavy atom. The van der Waals surface area contributed by atoms with Crippen molar-refractivity contribution in [1.29, 1.82) is 0 Å². The monoisotopic (exact) mass is 375 g/mol. The average molecular weight is 376 g/mol. The fourth-order valence-corrected chi connectivity index (χ4v) is 3.48. The van der Waals surface area contributed by atoms with E-state index in [0.29, 0.717) is 12.0 Å². The Labute approximate surface area is 161 Å². The molecule has 0 amide bonds. The van der Waals surface area contributed by atoms with E-state index in [-0.39, 0.29) is 14.0 Å². The van der Waals surface area contributed by atoms with Crippen LogP contribution in [0.25, 0.3) is 22.1 Å². The number of methoxy groups -OCH3 is 1. The van der Waals surface area contributed by atoms with Crippen molar-refractivity contribution in [2.75, 3.05) is 33.4 Å². The number of hydrogen-bond acceptors (Lipinski definition) is 5. The fourth-order valence-electron chi connectivity index (χ4n) is 3.48. The first-order valence-electron chi connectivity index (χ1n) is 9.33. The maximum absolute atomic E-state index is 8.41. The Balaban J connectivity index is 0.000000252. The van der Waals surface area contributed by atoms with Crippen molar-refractivity contribution < 1.29 is 9.84 Å². The predicted octanol–water partition coefficient (Wildman–Crippen LogP) is 3.12. The molecular weight excluding hydrogens is 342 g/mol. The number of piperidine rings is 1. The average Bonchev–Trinajstić information content (AvgIpc) is 3.29. The minimum absolute atomic E-state index is 0. The van der Waals surface area contributed by atoms with Crippen LogP contribution in [0.15, 0.2) is 24.8 Å². The number of nitrogens with zero attached hydrogens (tertiary/aromatic N) is 3. The summed E-state index contributed by atoms with van der Waals surface area (Å²) in [5.74, 6) is 0.491. The molecule has 27 heavy (non-hydrogen) atoms. The molecular formula is C20H33N5O2. The van der Waals surface area contributed by atoms with Gasteiger partial charge in [-0.2, -0.15) is 0 Å². The van der Waals surface area contributed by atoms with Gasteiger partial charge in [0.1, 0.15) is 11.2 Å². The standard InChI is InChI=1S/C13H15N5.C6H14O2.CH4/c1-4-14-5-2-9(1)18-8-17-11-7-16-13-10(12(11)18)3-6-15-13;1-6(3-4-7)5-8-2;/h3,6-9,14H,1-2,4-5H2,(H,15,16);6-7H,3-5H2,1-2H3;1H4. The Morgan fingerprint density at radius 1 is 1.33 bits per heavy atom. The Morgan fingerprint density at radius 3 is 2.81 bits per heavy atom. The highest BCUT2D eigenvalue weighted by molar-refractivity contribution is 6.00. The molecule has 0 saturated carbocycles. The molecule has 1 fully saturated rings. The van der Waals surface area contributed by atoms with Crippen LogP contribution in [0.1, 0.15) is 39.7 Å². The van der Waals surface area contributed by atoms with E-state index in [1.807, 2.05) is 18.7 Å². The zero-order chi connectivity index (χ0) is 18.4. The summed E-state index contributed by atoms with van der Waals surface area (Å²) in [5, 5.41) is 13.0. The number of ether oxygens (including phenoxy) is 1. The van der Waals surface area contributed by atoms with E-state index >= 15 is 0 Å². The van der Waals surface area contributed by atoms with Gasteiger partial charge in [0.15, 0.2) is 0 Å². The first kappa shape index (κ1) is 21.3. The van der Waals surface area contributed by atoms with Gasteiger partial charge >= 0.3 is 0 Å². The van der Waals surface area contributed by atoms with Crippen LogP contribution in [-0.2, 0) is 4.74 Å². The molecule has 1 unspecified atom stereocenters. The Hall–Kier alpha value is -1.96. The van der Waals surface area contributed by atoms with Gasteiger partial charge < -0.3 is 24.7 Å². The molecule has 4 rings (SSSR count). The summed E-state index contributed by atoms with van der Waals surface area (Å²) in [6.07, 6.45) is 8.94. The molecule has 7 heteroatoms. The minimum atomic E-state index is 0. The van der Waals surface area contributed by atoms with Gasteiger partial charge in [0.2, 0.25) is 0 Å². The smallest absolute Gasteiger partial charge is 0.139 e. The molecule has 7 nitrogen and oxygen atoms in total. The van der Waals surface area contributed by atoms with Crippen molar-refractivity contribution in [3.63, 3.8) is 0 Å². The number of imidazole rings is 1. The first-order chi connectivity index (χ1) is 12.7. The first-order valence-corrected chi connectivity index (χ1v) is 9.33. The van der Waals surface area contributed by atoms with Crippen LogP contribution in [0.3, 0.4) is 0 Å². The number of rotatable bonds is 5. The van der Waals surface area contributed by atoms with Gasteiger partial charge in [0.25, 0.3) is 0 Å². The molecule has 1 saturated heterocycles. The molecule has 0 radical (unpaired) electrons. The van der Waals surface area contributed by atoms with Gasteiger partial charge in [-0.05, 0) is 44.3 Å². The third-order valence-electron chi connectivity index (χ3n) is 4.89. The van der Waals surface area contributed by atoms with Gasteiger partial charge in [-0.15, -0.1) is 0 Å². The molecule has 3 N–H and O–H groups in total. The predicted molar refractivity (Wildman–Crippen MR) is 110 cm³/mol. The second-order valence-corrected chi connectivity index (χ2v) is 6.94. The SMILES string of the molecule is C.COCC(C)CCO.c1cc2c(ncc3ncn(C4CCNCC4)c32)[nH]1. The summed E-state index contributed by atoms with van der Waals surface area (Å²) in [4.78, 5) is 12.0. The summed E-state index contributed by atoms with van der Waals surface area (Å²) in [7, 11) is 1.67. The van der Waals surface area contributed by atoms with E-state index in [0.717, 1.165) is 37.3 Å². The van der Waals surface area contributed by atoms with Crippen molar-refractivity contribution in [2.24, 2.45) is 5.92 Å². The lowest BCUT2D eigenvalue weighted by atomic mass is 10.1. The number of nitrogens with one attached hydrogen (secondary N) is 2. The molecule has 4 heterocycles. The van der Waals surface area contributed by atoms with E-state index in [9.17, 15) is 0 Å². The Bertz CT molecular complexity index is 801. The van der Waals surface area contributed by atoms with Crippen LogP contribution >= 0.6 is 0 Å². The molecule has 1 aliphatic heterocycles. The number of aliphatic hydroxyl groups is 1. The van der Waals surface area contributed by atoms with Crippen LogP contribution in [0.4, 0.5) is 0 Å². The highest BCUT2D eigenvalue weighted by Gasteiger charge is 2.18. The number of pyridine rings is 1. The lowest BCUT2D eigenvalue weighted by molar-refractivity contribution is 0.141. The van der Waals surface area contributed by atoms with E-state index in [2.05, 4.69) is 37.8 Å². The van der Waals surface area contributed by atoms with Crippen LogP contribution in [0, 0.1) is 5.92 Å². The topological polar surface area (TPSA) is 88.0 Å². The zero-order valence-electron chi connectivity index (χ0n) is 15.6. The maximum Gasteiger partial charge on any atom is 0.139 e. The molecule has 3 aromatic rings. The zero-order valence-corrected chi connectivity index (χ0v) is 15.6. The number of aromatic nitrogens is 4. The van der Waals surface area contributed by atoms with Crippen molar-refractivity contribution in [3.05, 3.63) is 24.8 Å². The summed E-state index contributed by atoms with van der Waals surface area (Å²) in [6, 6.07) is 2.64. The Kier molecular flexibility index (Phi) is 8.22. The summed E-state index contributed by atoms with van der Waals surface area (Å²) in [6.45, 7) is 5.25. The molecule has 0 bridgehead atoms. The van der Waals surface area contributed by atoms with Gasteiger partial charge in [-0.25, -0.2) is 9.97 Å². The number of aromatic amines is 1. The lowest BCUT2D eigenvalue weighted by Crippen LogP contribution is -2.29. The quantitative estimate of drug-likeness (QED) is 0.638. The maximum atomic E-state index is 8.41. The molecule has 0 spiro atoms. The van der Waals surface area contributed by atoms with Gasteiger partial charge in [-0.1, -0.05) is 14.4 Å². The second-order valence-electron chi connectivity index (χ2n) is 6.94.